The number of aromatic nitrogens is 4. The minimum atomic E-state index is -0.686. The lowest BCUT2D eigenvalue weighted by atomic mass is 9.63. The maximum absolute atomic E-state index is 10.2. The van der Waals surface area contributed by atoms with E-state index in [1.165, 1.54) is 0 Å². The maximum Gasteiger partial charge on any atom is 0.165 e. The largest absolute Gasteiger partial charge is 0.390 e. The Morgan fingerprint density at radius 3 is 2.43 bits per heavy atom. The van der Waals surface area contributed by atoms with E-state index in [-0.39, 0.29) is 5.41 Å². The number of nitrogens with two attached hydrogens (primary N) is 1. The summed E-state index contributed by atoms with van der Waals surface area (Å²) in [6.07, 6.45) is 3.01. The van der Waals surface area contributed by atoms with Crippen molar-refractivity contribution in [3.8, 4) is 22.4 Å². The lowest BCUT2D eigenvalue weighted by Gasteiger charge is -2.49. The average Bonchev–Trinajstić information content (AvgIpc) is 3.47. The fourth-order valence-electron chi connectivity index (χ4n) is 5.23. The van der Waals surface area contributed by atoms with E-state index in [1.807, 2.05) is 23.7 Å². The normalized spacial score (nSPS) is 22.6. The first-order valence-corrected chi connectivity index (χ1v) is 12.8. The van der Waals surface area contributed by atoms with Crippen LogP contribution >= 0.6 is 11.3 Å². The molecule has 1 fully saturated rings. The van der Waals surface area contributed by atoms with E-state index in [0.29, 0.717) is 12.8 Å². The average molecular weight is 484 g/mol. The Morgan fingerprint density at radius 2 is 1.80 bits per heavy atom. The summed E-state index contributed by atoms with van der Waals surface area (Å²) in [6.45, 7) is 8.29. The smallest absolute Gasteiger partial charge is 0.165 e. The van der Waals surface area contributed by atoms with Crippen LogP contribution in [-0.4, -0.2) is 30.3 Å². The Kier molecular flexibility index (Phi) is 4.75. The van der Waals surface area contributed by atoms with Crippen LogP contribution in [0.3, 0.4) is 0 Å². The molecule has 1 aliphatic carbocycles. The summed E-state index contributed by atoms with van der Waals surface area (Å²) in [4.78, 5) is 9.83. The van der Waals surface area contributed by atoms with Crippen LogP contribution in [0.15, 0.2) is 59.4 Å². The van der Waals surface area contributed by atoms with E-state index in [2.05, 4.69) is 72.9 Å². The molecule has 0 bridgehead atoms. The van der Waals surface area contributed by atoms with E-state index in [1.54, 1.807) is 11.3 Å². The molecule has 35 heavy (non-hydrogen) atoms. The number of hydrogen-bond acceptors (Lipinski definition) is 6. The highest BCUT2D eigenvalue weighted by atomic mass is 32.1. The Balaban J connectivity index is 1.52. The summed E-state index contributed by atoms with van der Waals surface area (Å²) in [6, 6.07) is 14.6. The molecule has 4 heterocycles. The van der Waals surface area contributed by atoms with E-state index >= 15 is 0 Å². The number of pyridine rings is 1. The molecule has 0 aliphatic heterocycles. The summed E-state index contributed by atoms with van der Waals surface area (Å²) in [5.74, 6) is 0. The molecule has 5 aromatic rings. The SMILES string of the molecule is CC(C)(C)c1cc2ncc3cc(-c4ccsc4)c(-c4ccc([C@]5(N)C[C@@](C)(O)C5)cc4)nc3n2n1. The number of aliphatic hydroxyl groups is 1. The topological polar surface area (TPSA) is 89.3 Å². The number of benzene rings is 1. The third-order valence-electron chi connectivity index (χ3n) is 6.98. The second-order valence-electron chi connectivity index (χ2n) is 11.2. The van der Waals surface area contributed by atoms with E-state index < -0.39 is 11.1 Å². The van der Waals surface area contributed by atoms with Crippen molar-refractivity contribution in [1.82, 2.24) is 19.6 Å². The summed E-state index contributed by atoms with van der Waals surface area (Å²) in [7, 11) is 0. The molecule has 6 rings (SSSR count). The first kappa shape index (κ1) is 22.3. The van der Waals surface area contributed by atoms with Crippen LogP contribution in [-0.2, 0) is 11.0 Å². The molecular formula is C28H29N5OS. The van der Waals surface area contributed by atoms with Gasteiger partial charge in [-0.2, -0.15) is 21.0 Å². The van der Waals surface area contributed by atoms with Crippen LogP contribution in [0.5, 0.6) is 0 Å². The quantitative estimate of drug-likeness (QED) is 0.345. The van der Waals surface area contributed by atoms with E-state index in [9.17, 15) is 5.11 Å². The Morgan fingerprint density at radius 1 is 1.06 bits per heavy atom. The highest BCUT2D eigenvalue weighted by Gasteiger charge is 2.49. The number of thiophene rings is 1. The van der Waals surface area contributed by atoms with Crippen LogP contribution in [0.1, 0.15) is 51.8 Å². The van der Waals surface area contributed by atoms with Gasteiger partial charge >= 0.3 is 0 Å². The second-order valence-corrected chi connectivity index (χ2v) is 12.0. The van der Waals surface area contributed by atoms with Gasteiger partial charge in [0, 0.05) is 39.7 Å². The first-order valence-electron chi connectivity index (χ1n) is 11.9. The maximum atomic E-state index is 10.2. The van der Waals surface area contributed by atoms with Crippen molar-refractivity contribution in [2.75, 3.05) is 0 Å². The molecule has 0 atom stereocenters. The van der Waals surface area contributed by atoms with Gasteiger partial charge in [-0.3, -0.25) is 0 Å². The van der Waals surface area contributed by atoms with Crippen molar-refractivity contribution >= 4 is 28.0 Å². The van der Waals surface area contributed by atoms with E-state index in [4.69, 9.17) is 15.8 Å². The molecule has 3 N–H and O–H groups in total. The number of fused-ring (bicyclic) bond motifs is 3. The molecule has 0 spiro atoms. The van der Waals surface area contributed by atoms with E-state index in [0.717, 1.165) is 50.3 Å². The first-order chi connectivity index (χ1) is 16.5. The molecule has 0 unspecified atom stereocenters. The van der Waals surface area contributed by atoms with Crippen LogP contribution in [0, 0.1) is 0 Å². The van der Waals surface area contributed by atoms with Crippen molar-refractivity contribution in [3.05, 3.63) is 70.7 Å². The fraction of sp³-hybridized carbons (Fsp3) is 0.321. The Hall–Kier alpha value is -3.13. The number of rotatable bonds is 3. The molecule has 7 heteroatoms. The van der Waals surface area contributed by atoms with Gasteiger partial charge < -0.3 is 10.8 Å². The molecule has 4 aromatic heterocycles. The third kappa shape index (κ3) is 3.75. The zero-order valence-electron chi connectivity index (χ0n) is 20.4. The van der Waals surface area contributed by atoms with Gasteiger partial charge in [0.2, 0.25) is 0 Å². The van der Waals surface area contributed by atoms with Crippen molar-refractivity contribution in [1.29, 1.82) is 0 Å². The van der Waals surface area contributed by atoms with Crippen LogP contribution in [0.2, 0.25) is 0 Å². The van der Waals surface area contributed by atoms with Crippen molar-refractivity contribution < 1.29 is 5.11 Å². The second kappa shape index (κ2) is 7.43. The summed E-state index contributed by atoms with van der Waals surface area (Å²) >= 11 is 1.67. The van der Waals surface area contributed by atoms with Crippen molar-refractivity contribution in [3.63, 3.8) is 0 Å². The van der Waals surface area contributed by atoms with Gasteiger partial charge in [-0.25, -0.2) is 9.97 Å². The highest BCUT2D eigenvalue weighted by molar-refractivity contribution is 7.08. The molecular weight excluding hydrogens is 454 g/mol. The Labute approximate surface area is 208 Å². The molecule has 6 nitrogen and oxygen atoms in total. The fourth-order valence-corrected chi connectivity index (χ4v) is 5.89. The highest BCUT2D eigenvalue weighted by Crippen LogP contribution is 2.46. The summed E-state index contributed by atoms with van der Waals surface area (Å²) in [5.41, 5.74) is 13.0. The van der Waals surface area contributed by atoms with Crippen LogP contribution in [0.4, 0.5) is 0 Å². The van der Waals surface area contributed by atoms with Crippen LogP contribution in [0.25, 0.3) is 39.1 Å². The van der Waals surface area contributed by atoms with Gasteiger partial charge in [-0.1, -0.05) is 45.0 Å². The molecule has 1 saturated carbocycles. The predicted octanol–water partition coefficient (Wildman–Crippen LogP) is 5.67. The summed E-state index contributed by atoms with van der Waals surface area (Å²) in [5, 5.41) is 20.3. The summed E-state index contributed by atoms with van der Waals surface area (Å²) < 4.78 is 1.86. The van der Waals surface area contributed by atoms with Gasteiger partial charge in [-0.05, 0) is 53.8 Å². The molecule has 1 aromatic carbocycles. The predicted molar refractivity (Wildman–Crippen MR) is 141 cm³/mol. The Bertz CT molecular complexity index is 1550. The molecule has 1 aliphatic rings. The molecule has 0 radical (unpaired) electrons. The zero-order valence-corrected chi connectivity index (χ0v) is 21.2. The third-order valence-corrected chi connectivity index (χ3v) is 7.67. The molecule has 178 valence electrons. The van der Waals surface area contributed by atoms with Crippen molar-refractivity contribution in [2.45, 2.75) is 57.1 Å². The lowest BCUT2D eigenvalue weighted by Crippen LogP contribution is -2.58. The lowest BCUT2D eigenvalue weighted by molar-refractivity contribution is -0.0738. The van der Waals surface area contributed by atoms with Crippen LogP contribution < -0.4 is 5.73 Å². The molecule has 0 amide bonds. The molecule has 0 saturated heterocycles. The number of hydrogen-bond donors (Lipinski definition) is 2. The van der Waals surface area contributed by atoms with Gasteiger partial charge in [-0.15, -0.1) is 0 Å². The number of nitrogens with zero attached hydrogens (tertiary/aromatic N) is 4. The monoisotopic (exact) mass is 483 g/mol. The minimum Gasteiger partial charge on any atom is -0.390 e. The van der Waals surface area contributed by atoms with Gasteiger partial charge in [0.15, 0.2) is 11.3 Å². The van der Waals surface area contributed by atoms with Gasteiger partial charge in [0.1, 0.15) is 0 Å². The van der Waals surface area contributed by atoms with Gasteiger partial charge in [0.25, 0.3) is 0 Å². The van der Waals surface area contributed by atoms with Gasteiger partial charge in [0.05, 0.1) is 17.0 Å². The van der Waals surface area contributed by atoms with Crippen molar-refractivity contribution in [2.24, 2.45) is 5.73 Å². The minimum absolute atomic E-state index is 0.0837. The standard InChI is InChI=1S/C28H29N5OS/c1-26(2,3)22-12-23-30-13-19-11-21(18-9-10-35-14-18)24(31-25(19)33(23)32-22)17-5-7-20(8-6-17)28(29)15-27(4,34)16-28/h5-14,34H,15-16,29H2,1-4H3/t27-,28+. The zero-order chi connectivity index (χ0) is 24.6.